The van der Waals surface area contributed by atoms with Crippen LogP contribution in [0.2, 0.25) is 0 Å². The van der Waals surface area contributed by atoms with Crippen LogP contribution in [0.15, 0.2) is 24.3 Å². The lowest BCUT2D eigenvalue weighted by molar-refractivity contribution is -0.0124. The third-order valence-electron chi connectivity index (χ3n) is 5.65. The van der Waals surface area contributed by atoms with Crippen LogP contribution in [0.1, 0.15) is 59.3 Å². The Morgan fingerprint density at radius 1 is 0.792 bits per heavy atom. The van der Waals surface area contributed by atoms with E-state index in [4.69, 9.17) is 4.74 Å². The first kappa shape index (κ1) is 17.2. The minimum Gasteiger partial charge on any atom is -0.373 e. The van der Waals surface area contributed by atoms with Crippen molar-refractivity contribution in [3.05, 3.63) is 57.6 Å². The highest BCUT2D eigenvalue weighted by Gasteiger charge is 2.21. The molecule has 1 saturated heterocycles. The molecule has 1 fully saturated rings. The average molecular weight is 322 g/mol. The number of rotatable bonds is 2. The first-order valence-corrected chi connectivity index (χ1v) is 9.17. The lowest BCUT2D eigenvalue weighted by atomic mass is 9.88. The molecule has 0 saturated carbocycles. The molecule has 128 valence electrons. The Balaban J connectivity index is 1.99. The van der Waals surface area contributed by atoms with Crippen LogP contribution >= 0.6 is 0 Å². The van der Waals surface area contributed by atoms with Crippen molar-refractivity contribution in [1.29, 1.82) is 0 Å². The van der Waals surface area contributed by atoms with Crippen LogP contribution in [0.4, 0.5) is 0 Å². The van der Waals surface area contributed by atoms with Crippen LogP contribution in [0.5, 0.6) is 0 Å². The van der Waals surface area contributed by atoms with Crippen molar-refractivity contribution >= 4 is 0 Å². The molecule has 2 aromatic rings. The van der Waals surface area contributed by atoms with Gasteiger partial charge in [-0.3, -0.25) is 0 Å². The number of ether oxygens (including phenoxy) is 1. The van der Waals surface area contributed by atoms with Crippen molar-refractivity contribution in [3.8, 4) is 11.1 Å². The maximum Gasteiger partial charge on any atom is 0.0825 e. The molecule has 1 heteroatoms. The second-order valence-electron chi connectivity index (χ2n) is 7.77. The van der Waals surface area contributed by atoms with Gasteiger partial charge < -0.3 is 4.74 Å². The summed E-state index contributed by atoms with van der Waals surface area (Å²) in [6, 6.07) is 9.34. The predicted octanol–water partition coefficient (Wildman–Crippen LogP) is 6.38. The molecule has 0 bridgehead atoms. The molecular weight excluding hydrogens is 292 g/mol. The third kappa shape index (κ3) is 3.28. The van der Waals surface area contributed by atoms with Gasteiger partial charge in [0.25, 0.3) is 0 Å². The van der Waals surface area contributed by atoms with Crippen LogP contribution in [-0.2, 0) is 4.74 Å². The predicted molar refractivity (Wildman–Crippen MR) is 103 cm³/mol. The molecule has 0 aliphatic carbocycles. The number of benzene rings is 2. The molecule has 2 atom stereocenters. The molecule has 1 heterocycles. The zero-order chi connectivity index (χ0) is 17.4. The van der Waals surface area contributed by atoms with E-state index in [-0.39, 0.29) is 6.10 Å². The van der Waals surface area contributed by atoms with E-state index >= 15 is 0 Å². The SMILES string of the molecule is Cc1cc(-c2c(C)cc(C3CCC(C)CO3)cc2C)cc(C)c1C. The Morgan fingerprint density at radius 2 is 1.38 bits per heavy atom. The second kappa shape index (κ2) is 6.72. The highest BCUT2D eigenvalue weighted by Crippen LogP contribution is 2.36. The molecule has 1 aliphatic rings. The maximum absolute atomic E-state index is 6.09. The first-order chi connectivity index (χ1) is 11.4. The number of hydrogen-bond donors (Lipinski definition) is 0. The summed E-state index contributed by atoms with van der Waals surface area (Å²) in [5.41, 5.74) is 10.9. The summed E-state index contributed by atoms with van der Waals surface area (Å²) < 4.78 is 6.09. The smallest absolute Gasteiger partial charge is 0.0825 e. The summed E-state index contributed by atoms with van der Waals surface area (Å²) in [4.78, 5) is 0. The normalized spacial score (nSPS) is 21.1. The third-order valence-corrected chi connectivity index (χ3v) is 5.65. The standard InChI is InChI=1S/C23H30O/c1-14-7-8-22(24-13-14)20-11-17(4)23(18(5)12-20)21-9-15(2)19(6)16(3)10-21/h9-12,14,22H,7-8,13H2,1-6H3. The van der Waals surface area contributed by atoms with Gasteiger partial charge in [-0.25, -0.2) is 0 Å². The van der Waals surface area contributed by atoms with Gasteiger partial charge in [-0.1, -0.05) is 31.2 Å². The van der Waals surface area contributed by atoms with Gasteiger partial charge >= 0.3 is 0 Å². The lowest BCUT2D eigenvalue weighted by Gasteiger charge is -2.28. The minimum absolute atomic E-state index is 0.272. The molecule has 1 aliphatic heterocycles. The molecule has 0 aromatic heterocycles. The van der Waals surface area contributed by atoms with Crippen molar-refractivity contribution in [3.63, 3.8) is 0 Å². The van der Waals surface area contributed by atoms with Gasteiger partial charge in [-0.2, -0.15) is 0 Å². The molecule has 24 heavy (non-hydrogen) atoms. The summed E-state index contributed by atoms with van der Waals surface area (Å²) in [7, 11) is 0. The Labute approximate surface area is 147 Å². The van der Waals surface area contributed by atoms with Crippen molar-refractivity contribution in [1.82, 2.24) is 0 Å². The van der Waals surface area contributed by atoms with Crippen molar-refractivity contribution in [2.24, 2.45) is 5.92 Å². The van der Waals surface area contributed by atoms with Gasteiger partial charge in [0.05, 0.1) is 6.10 Å². The fourth-order valence-corrected chi connectivity index (χ4v) is 3.96. The summed E-state index contributed by atoms with van der Waals surface area (Å²) in [6.45, 7) is 14.3. The van der Waals surface area contributed by atoms with E-state index in [0.29, 0.717) is 5.92 Å². The highest BCUT2D eigenvalue weighted by atomic mass is 16.5. The topological polar surface area (TPSA) is 9.23 Å². The number of aryl methyl sites for hydroxylation is 4. The average Bonchev–Trinajstić information content (AvgIpc) is 2.52. The van der Waals surface area contributed by atoms with Gasteiger partial charge in [-0.15, -0.1) is 0 Å². The van der Waals surface area contributed by atoms with Gasteiger partial charge in [-0.05, 0) is 97.9 Å². The van der Waals surface area contributed by atoms with Crippen LogP contribution in [-0.4, -0.2) is 6.61 Å². The largest absolute Gasteiger partial charge is 0.373 e. The van der Waals surface area contributed by atoms with E-state index in [0.717, 1.165) is 13.0 Å². The van der Waals surface area contributed by atoms with E-state index in [2.05, 4.69) is 65.8 Å². The van der Waals surface area contributed by atoms with Gasteiger partial charge in [0, 0.05) is 6.61 Å². The van der Waals surface area contributed by atoms with Gasteiger partial charge in [0.15, 0.2) is 0 Å². The van der Waals surface area contributed by atoms with E-state index in [9.17, 15) is 0 Å². The van der Waals surface area contributed by atoms with E-state index < -0.39 is 0 Å². The Kier molecular flexibility index (Phi) is 4.83. The van der Waals surface area contributed by atoms with E-state index in [1.807, 2.05) is 0 Å². The highest BCUT2D eigenvalue weighted by molar-refractivity contribution is 5.73. The molecule has 2 unspecified atom stereocenters. The van der Waals surface area contributed by atoms with E-state index in [1.165, 1.54) is 50.9 Å². The fraction of sp³-hybridized carbons (Fsp3) is 0.478. The zero-order valence-corrected chi connectivity index (χ0v) is 16.0. The van der Waals surface area contributed by atoms with Gasteiger partial charge in [0.1, 0.15) is 0 Å². The summed E-state index contributed by atoms with van der Waals surface area (Å²) >= 11 is 0. The maximum atomic E-state index is 6.09. The summed E-state index contributed by atoms with van der Waals surface area (Å²) in [5.74, 6) is 0.696. The van der Waals surface area contributed by atoms with Gasteiger partial charge in [0.2, 0.25) is 0 Å². The van der Waals surface area contributed by atoms with Crippen LogP contribution < -0.4 is 0 Å². The zero-order valence-electron chi connectivity index (χ0n) is 16.0. The summed E-state index contributed by atoms with van der Waals surface area (Å²) in [5, 5.41) is 0. The molecule has 1 nitrogen and oxygen atoms in total. The van der Waals surface area contributed by atoms with Crippen LogP contribution in [0.25, 0.3) is 11.1 Å². The Morgan fingerprint density at radius 3 is 1.88 bits per heavy atom. The Hall–Kier alpha value is -1.60. The Bertz CT molecular complexity index is 703. The van der Waals surface area contributed by atoms with Crippen molar-refractivity contribution < 1.29 is 4.74 Å². The molecule has 0 N–H and O–H groups in total. The van der Waals surface area contributed by atoms with E-state index in [1.54, 1.807) is 0 Å². The quantitative estimate of drug-likeness (QED) is 0.623. The molecule has 0 spiro atoms. The first-order valence-electron chi connectivity index (χ1n) is 9.17. The molecule has 0 amide bonds. The number of hydrogen-bond acceptors (Lipinski definition) is 1. The summed E-state index contributed by atoms with van der Waals surface area (Å²) in [6.07, 6.45) is 2.68. The fourth-order valence-electron chi connectivity index (χ4n) is 3.96. The molecule has 3 rings (SSSR count). The lowest BCUT2D eigenvalue weighted by Crippen LogP contribution is -2.18. The second-order valence-corrected chi connectivity index (χ2v) is 7.77. The van der Waals surface area contributed by atoms with Crippen LogP contribution in [0, 0.1) is 40.5 Å². The monoisotopic (exact) mass is 322 g/mol. The van der Waals surface area contributed by atoms with Crippen molar-refractivity contribution in [2.45, 2.75) is 60.5 Å². The van der Waals surface area contributed by atoms with Crippen LogP contribution in [0.3, 0.4) is 0 Å². The minimum atomic E-state index is 0.272. The molecule has 0 radical (unpaired) electrons. The van der Waals surface area contributed by atoms with Crippen molar-refractivity contribution in [2.75, 3.05) is 6.61 Å². The molecular formula is C23H30O. The molecule has 2 aromatic carbocycles.